The van der Waals surface area contributed by atoms with Gasteiger partial charge in [-0.1, -0.05) is 0 Å². The summed E-state index contributed by atoms with van der Waals surface area (Å²) in [5, 5.41) is -5.83. The molecule has 0 heterocycles. The summed E-state index contributed by atoms with van der Waals surface area (Å²) in [6.07, 6.45) is -1.49. The first-order valence-electron chi connectivity index (χ1n) is 6.19. The zero-order chi connectivity index (χ0) is 18.2. The molecule has 0 bridgehead atoms. The summed E-state index contributed by atoms with van der Waals surface area (Å²) >= 11 is 0. The lowest BCUT2D eigenvalue weighted by atomic mass is 9.89. The lowest BCUT2D eigenvalue weighted by molar-refractivity contribution is -0.204. The van der Waals surface area contributed by atoms with Crippen molar-refractivity contribution in [3.8, 4) is 0 Å². The number of hydrogen-bond acceptors (Lipinski definition) is 6. The minimum Gasteiger partial charge on any atom is -0.469 e. The van der Waals surface area contributed by atoms with Gasteiger partial charge >= 0.3 is 33.2 Å². The van der Waals surface area contributed by atoms with Crippen LogP contribution in [-0.2, 0) is 29.2 Å². The number of ether oxygens (including phenoxy) is 2. The molecule has 0 aromatic heterocycles. The quantitative estimate of drug-likeness (QED) is 0.441. The molecule has 0 aliphatic heterocycles. The molecule has 0 saturated heterocycles. The van der Waals surface area contributed by atoms with E-state index >= 15 is 0 Å². The molecule has 7 nitrogen and oxygen atoms in total. The molecule has 0 spiro atoms. The number of alkyl halides is 4. The van der Waals surface area contributed by atoms with E-state index in [9.17, 15) is 35.6 Å². The molecule has 134 valence electrons. The summed E-state index contributed by atoms with van der Waals surface area (Å²) in [6, 6.07) is 0. The van der Waals surface area contributed by atoms with E-state index in [2.05, 4.69) is 9.47 Å². The molecule has 0 aromatic rings. The Balaban J connectivity index is 3.29. The van der Waals surface area contributed by atoms with Crippen molar-refractivity contribution in [2.24, 2.45) is 17.8 Å². The second kappa shape index (κ2) is 6.23. The maximum Gasteiger partial charge on any atom is 0.431 e. The molecule has 1 rings (SSSR count). The van der Waals surface area contributed by atoms with Gasteiger partial charge in [-0.05, 0) is 12.8 Å². The van der Waals surface area contributed by atoms with Gasteiger partial charge in [-0.15, -0.1) is 0 Å². The van der Waals surface area contributed by atoms with Crippen LogP contribution in [0.4, 0.5) is 17.6 Å². The Hall–Kier alpha value is -1.43. The van der Waals surface area contributed by atoms with Crippen LogP contribution in [0, 0.1) is 17.8 Å². The first kappa shape index (κ1) is 19.6. The van der Waals surface area contributed by atoms with E-state index in [4.69, 9.17) is 4.55 Å². The second-order valence-electron chi connectivity index (χ2n) is 5.04. The maximum atomic E-state index is 14.0. The van der Waals surface area contributed by atoms with Gasteiger partial charge in [0.2, 0.25) is 0 Å². The highest BCUT2D eigenvalue weighted by Crippen LogP contribution is 2.53. The molecule has 1 aliphatic carbocycles. The molecule has 0 aromatic carbocycles. The predicted octanol–water partition coefficient (Wildman–Crippen LogP) is 1.09. The van der Waals surface area contributed by atoms with E-state index in [1.54, 1.807) is 0 Å². The number of carbonyl (C=O) groups excluding carboxylic acids is 2. The lowest BCUT2D eigenvalue weighted by Gasteiger charge is -2.31. The minimum atomic E-state index is -6.45. The predicted molar refractivity (Wildman–Crippen MR) is 65.2 cm³/mol. The molecule has 1 fully saturated rings. The van der Waals surface area contributed by atoms with E-state index in [-0.39, 0.29) is 0 Å². The number of hydrogen-bond donors (Lipinski definition) is 1. The fourth-order valence-electron chi connectivity index (χ4n) is 2.60. The SMILES string of the molecule is COC(=O)[C@H]1CC(C(F)(F)C(F)(F)S(=O)(=O)O)[C@@H](C(=O)OC)C1. The van der Waals surface area contributed by atoms with E-state index in [1.807, 2.05) is 0 Å². The standard InChI is InChI=1S/C11H14F4O7S/c1-21-8(16)5-3-6(9(17)22-2)7(4-5)10(12,13)11(14,15)23(18,19)20/h5-7H,3-4H2,1-2H3,(H,18,19,20)/t5-,6+,7?/m1/s1. The molecule has 0 radical (unpaired) electrons. The molecule has 23 heavy (non-hydrogen) atoms. The molecule has 1 saturated carbocycles. The van der Waals surface area contributed by atoms with Gasteiger partial charge in [0.05, 0.1) is 26.1 Å². The average Bonchev–Trinajstić information content (AvgIpc) is 2.89. The van der Waals surface area contributed by atoms with Crippen molar-refractivity contribution in [3.63, 3.8) is 0 Å². The highest BCUT2D eigenvalue weighted by Gasteiger charge is 2.72. The van der Waals surface area contributed by atoms with Crippen LogP contribution in [-0.4, -0.2) is 50.3 Å². The normalized spacial score (nSPS) is 26.0. The van der Waals surface area contributed by atoms with E-state index < -0.39 is 63.8 Å². The zero-order valence-electron chi connectivity index (χ0n) is 12.0. The van der Waals surface area contributed by atoms with Crippen molar-refractivity contribution in [2.75, 3.05) is 14.2 Å². The smallest absolute Gasteiger partial charge is 0.431 e. The lowest BCUT2D eigenvalue weighted by Crippen LogP contribution is -2.53. The van der Waals surface area contributed by atoms with Crippen molar-refractivity contribution >= 4 is 22.1 Å². The van der Waals surface area contributed by atoms with Crippen LogP contribution in [0.25, 0.3) is 0 Å². The molecular formula is C11H14F4O7S. The maximum absolute atomic E-state index is 14.0. The summed E-state index contributed by atoms with van der Waals surface area (Å²) < 4.78 is 93.1. The van der Waals surface area contributed by atoms with Crippen molar-refractivity contribution < 1.29 is 49.6 Å². The fraction of sp³-hybridized carbons (Fsp3) is 0.818. The molecule has 1 unspecified atom stereocenters. The summed E-state index contributed by atoms with van der Waals surface area (Å²) in [5.74, 6) is -13.3. The molecule has 1 aliphatic rings. The van der Waals surface area contributed by atoms with Crippen LogP contribution in [0.2, 0.25) is 0 Å². The van der Waals surface area contributed by atoms with Crippen molar-refractivity contribution in [1.29, 1.82) is 0 Å². The van der Waals surface area contributed by atoms with Crippen LogP contribution < -0.4 is 0 Å². The van der Waals surface area contributed by atoms with Crippen LogP contribution in [0.3, 0.4) is 0 Å². The first-order valence-corrected chi connectivity index (χ1v) is 7.63. The van der Waals surface area contributed by atoms with E-state index in [0.717, 1.165) is 14.2 Å². The van der Waals surface area contributed by atoms with Gasteiger partial charge in [-0.25, -0.2) is 0 Å². The monoisotopic (exact) mass is 366 g/mol. The summed E-state index contributed by atoms with van der Waals surface area (Å²) in [4.78, 5) is 23.0. The van der Waals surface area contributed by atoms with Gasteiger partial charge in [0.1, 0.15) is 0 Å². The number of carbonyl (C=O) groups is 2. The molecule has 1 N–H and O–H groups in total. The van der Waals surface area contributed by atoms with Gasteiger partial charge in [0.25, 0.3) is 0 Å². The van der Waals surface area contributed by atoms with Crippen molar-refractivity contribution in [1.82, 2.24) is 0 Å². The molecule has 12 heteroatoms. The van der Waals surface area contributed by atoms with Gasteiger partial charge in [0, 0.05) is 5.92 Å². The van der Waals surface area contributed by atoms with Crippen molar-refractivity contribution in [3.05, 3.63) is 0 Å². The summed E-state index contributed by atoms with van der Waals surface area (Å²) in [7, 11) is -4.69. The van der Waals surface area contributed by atoms with Crippen LogP contribution in [0.1, 0.15) is 12.8 Å². The third kappa shape index (κ3) is 3.27. The number of halogens is 4. The Kier molecular flexibility index (Phi) is 5.31. The van der Waals surface area contributed by atoms with Crippen molar-refractivity contribution in [2.45, 2.75) is 24.0 Å². The fourth-order valence-corrected chi connectivity index (χ4v) is 3.09. The Morgan fingerprint density at radius 2 is 1.52 bits per heavy atom. The molecular weight excluding hydrogens is 352 g/mol. The largest absolute Gasteiger partial charge is 0.469 e. The third-order valence-corrected chi connectivity index (χ3v) is 4.70. The van der Waals surface area contributed by atoms with Crippen LogP contribution >= 0.6 is 0 Å². The Morgan fingerprint density at radius 3 is 1.91 bits per heavy atom. The Morgan fingerprint density at radius 1 is 1.04 bits per heavy atom. The average molecular weight is 366 g/mol. The van der Waals surface area contributed by atoms with Gasteiger partial charge < -0.3 is 9.47 Å². The third-order valence-electron chi connectivity index (χ3n) is 3.78. The second-order valence-corrected chi connectivity index (χ2v) is 6.51. The van der Waals surface area contributed by atoms with Gasteiger partial charge in [-0.2, -0.15) is 26.0 Å². The van der Waals surface area contributed by atoms with E-state index in [1.165, 1.54) is 0 Å². The van der Waals surface area contributed by atoms with Gasteiger partial charge in [0.15, 0.2) is 0 Å². The molecule has 0 amide bonds. The Bertz CT molecular complexity index is 589. The highest BCUT2D eigenvalue weighted by atomic mass is 32.2. The number of esters is 2. The zero-order valence-corrected chi connectivity index (χ0v) is 12.8. The summed E-state index contributed by atoms with van der Waals surface area (Å²) in [6.45, 7) is 0. The Labute approximate surface area is 128 Å². The highest BCUT2D eigenvalue weighted by molar-refractivity contribution is 7.87. The summed E-state index contributed by atoms with van der Waals surface area (Å²) in [5.41, 5.74) is 0. The van der Waals surface area contributed by atoms with Gasteiger partial charge in [-0.3, -0.25) is 14.1 Å². The molecule has 3 atom stereocenters. The van der Waals surface area contributed by atoms with E-state index in [0.29, 0.717) is 0 Å². The first-order chi connectivity index (χ1) is 10.3. The van der Waals surface area contributed by atoms with Crippen LogP contribution in [0.15, 0.2) is 0 Å². The number of rotatable bonds is 5. The minimum absolute atomic E-state index is 0.568. The number of methoxy groups -OCH3 is 2. The topological polar surface area (TPSA) is 107 Å². The van der Waals surface area contributed by atoms with Crippen LogP contribution in [0.5, 0.6) is 0 Å².